The molecule has 3 nitrogen and oxygen atoms in total. The maximum atomic E-state index is 5.28. The van der Waals surface area contributed by atoms with Crippen molar-refractivity contribution in [2.75, 3.05) is 0 Å². The van der Waals surface area contributed by atoms with Crippen LogP contribution in [-0.2, 0) is 5.41 Å². The minimum absolute atomic E-state index is 0.566. The SMILES string of the molecule is c1ccc(-c2cc(-c3ccccc3)nc(-c3ccc4c(c3)C3(c5ccccc5Sc5ccccc53)c3cc(-c5ccc(-c6cccc7cccnc67)cc5)ccc3-4)n2)cc1. The van der Waals surface area contributed by atoms with Crippen molar-refractivity contribution in [2.45, 2.75) is 15.2 Å². The zero-order valence-corrected chi connectivity index (χ0v) is 33.3. The molecule has 0 atom stereocenters. The van der Waals surface area contributed by atoms with Crippen LogP contribution in [0.15, 0.2) is 222 Å². The van der Waals surface area contributed by atoms with Crippen LogP contribution in [0.25, 0.3) is 78.2 Å². The Kier molecular flexibility index (Phi) is 8.00. The average Bonchev–Trinajstić information content (AvgIpc) is 3.61. The van der Waals surface area contributed by atoms with Crippen LogP contribution in [0.3, 0.4) is 0 Å². The van der Waals surface area contributed by atoms with E-state index in [-0.39, 0.29) is 0 Å². The Hall–Kier alpha value is -7.40. The molecule has 3 heterocycles. The predicted molar refractivity (Wildman–Crippen MR) is 246 cm³/mol. The number of rotatable bonds is 5. The van der Waals surface area contributed by atoms with Gasteiger partial charge in [0.15, 0.2) is 5.82 Å². The smallest absolute Gasteiger partial charge is 0.160 e. The van der Waals surface area contributed by atoms with Gasteiger partial charge in [0, 0.05) is 43.6 Å². The molecule has 8 aromatic carbocycles. The molecule has 2 aliphatic rings. The molecule has 1 aliphatic carbocycles. The molecular formula is C56H35N3S. The molecule has 0 fully saturated rings. The summed E-state index contributed by atoms with van der Waals surface area (Å²) in [5.41, 5.74) is 17.6. The fraction of sp³-hybridized carbons (Fsp3) is 0.0179. The summed E-state index contributed by atoms with van der Waals surface area (Å²) in [6.45, 7) is 0. The van der Waals surface area contributed by atoms with E-state index in [0.717, 1.165) is 50.1 Å². The summed E-state index contributed by atoms with van der Waals surface area (Å²) in [6.07, 6.45) is 1.87. The number of aromatic nitrogens is 3. The van der Waals surface area contributed by atoms with E-state index in [1.54, 1.807) is 0 Å². The summed E-state index contributed by atoms with van der Waals surface area (Å²) in [5, 5.41) is 1.14. The average molecular weight is 782 g/mol. The van der Waals surface area contributed by atoms with Gasteiger partial charge in [0.1, 0.15) is 0 Å². The number of fused-ring (bicyclic) bond motifs is 10. The van der Waals surface area contributed by atoms with Gasteiger partial charge in [-0.3, -0.25) is 4.98 Å². The van der Waals surface area contributed by atoms with Crippen molar-refractivity contribution >= 4 is 22.7 Å². The highest BCUT2D eigenvalue weighted by atomic mass is 32.2. The van der Waals surface area contributed by atoms with Crippen LogP contribution >= 0.6 is 11.8 Å². The Labute approximate surface area is 353 Å². The van der Waals surface area contributed by atoms with Gasteiger partial charge in [0.25, 0.3) is 0 Å². The predicted octanol–water partition coefficient (Wildman–Crippen LogP) is 14.2. The molecule has 0 bridgehead atoms. The van der Waals surface area contributed by atoms with Crippen LogP contribution in [0.5, 0.6) is 0 Å². The second-order valence-corrected chi connectivity index (χ2v) is 16.6. The third-order valence-electron chi connectivity index (χ3n) is 12.2. The van der Waals surface area contributed by atoms with Crippen molar-refractivity contribution in [3.63, 3.8) is 0 Å². The molecule has 0 unspecified atom stereocenters. The molecule has 1 aliphatic heterocycles. The number of hydrogen-bond acceptors (Lipinski definition) is 4. The molecule has 1 spiro atoms. The third-order valence-corrected chi connectivity index (χ3v) is 13.4. The first kappa shape index (κ1) is 34.6. The highest BCUT2D eigenvalue weighted by Crippen LogP contribution is 2.63. The lowest BCUT2D eigenvalue weighted by Crippen LogP contribution is -2.32. The number of hydrogen-bond donors (Lipinski definition) is 0. The molecule has 60 heavy (non-hydrogen) atoms. The van der Waals surface area contributed by atoms with Crippen LogP contribution in [0.2, 0.25) is 0 Å². The summed E-state index contributed by atoms with van der Waals surface area (Å²) in [6, 6.07) is 74.4. The number of para-hydroxylation sites is 1. The van der Waals surface area contributed by atoms with Gasteiger partial charge in [-0.1, -0.05) is 182 Å². The normalized spacial score (nSPS) is 13.1. The molecule has 4 heteroatoms. The summed E-state index contributed by atoms with van der Waals surface area (Å²) >= 11 is 1.86. The second-order valence-electron chi connectivity index (χ2n) is 15.5. The highest BCUT2D eigenvalue weighted by Gasteiger charge is 2.50. The van der Waals surface area contributed by atoms with Crippen molar-refractivity contribution in [3.05, 3.63) is 235 Å². The standard InChI is InChI=1S/C56H35N3S/c1-3-13-38(14-4-1)50-35-51(39-15-5-2-6-16-39)59-55(58-50)42-29-31-45-44-30-28-41(36-24-26-37(27-25-36)43-19-11-17-40-18-12-32-57-54(40)43)33-48(44)56(49(45)34-42)46-20-7-9-22-52(46)60-53-23-10-8-21-47(53)56/h1-35H. The van der Waals surface area contributed by atoms with Gasteiger partial charge >= 0.3 is 0 Å². The van der Waals surface area contributed by atoms with E-state index in [1.807, 2.05) is 36.2 Å². The van der Waals surface area contributed by atoms with Gasteiger partial charge in [0.05, 0.1) is 22.3 Å². The van der Waals surface area contributed by atoms with E-state index in [2.05, 4.69) is 188 Å². The van der Waals surface area contributed by atoms with Gasteiger partial charge < -0.3 is 0 Å². The van der Waals surface area contributed by atoms with Gasteiger partial charge in [0.2, 0.25) is 0 Å². The van der Waals surface area contributed by atoms with Gasteiger partial charge in [-0.05, 0) is 86.5 Å². The summed E-state index contributed by atoms with van der Waals surface area (Å²) < 4.78 is 0. The molecular weight excluding hydrogens is 747 g/mol. The maximum Gasteiger partial charge on any atom is 0.160 e. The first-order chi connectivity index (χ1) is 29.7. The van der Waals surface area contributed by atoms with E-state index in [0.29, 0.717) is 5.82 Å². The minimum atomic E-state index is -0.566. The number of benzene rings is 8. The van der Waals surface area contributed by atoms with Gasteiger partial charge in [-0.2, -0.15) is 0 Å². The quantitative estimate of drug-likeness (QED) is 0.174. The minimum Gasteiger partial charge on any atom is -0.256 e. The summed E-state index contributed by atoms with van der Waals surface area (Å²) in [7, 11) is 0. The lowest BCUT2D eigenvalue weighted by molar-refractivity contribution is 0.722. The van der Waals surface area contributed by atoms with Crippen LogP contribution in [0.1, 0.15) is 22.3 Å². The lowest BCUT2D eigenvalue weighted by Gasteiger charge is -2.39. The molecule has 0 radical (unpaired) electrons. The fourth-order valence-electron chi connectivity index (χ4n) is 9.49. The van der Waals surface area contributed by atoms with Crippen molar-refractivity contribution < 1.29 is 0 Å². The molecule has 0 saturated carbocycles. The van der Waals surface area contributed by atoms with Gasteiger partial charge in [-0.25, -0.2) is 9.97 Å². The van der Waals surface area contributed by atoms with E-state index < -0.39 is 5.41 Å². The Morgan fingerprint density at radius 1 is 0.350 bits per heavy atom. The topological polar surface area (TPSA) is 38.7 Å². The van der Waals surface area contributed by atoms with Crippen LogP contribution in [0, 0.1) is 0 Å². The zero-order valence-electron chi connectivity index (χ0n) is 32.5. The first-order valence-corrected chi connectivity index (χ1v) is 21.2. The van der Waals surface area contributed by atoms with Crippen molar-refractivity contribution in [3.8, 4) is 67.3 Å². The molecule has 280 valence electrons. The summed E-state index contributed by atoms with van der Waals surface area (Å²) in [4.78, 5) is 17.8. The van der Waals surface area contributed by atoms with Crippen molar-refractivity contribution in [1.82, 2.24) is 15.0 Å². The Morgan fingerprint density at radius 2 is 0.883 bits per heavy atom. The molecule has 12 rings (SSSR count). The van der Waals surface area contributed by atoms with Crippen LogP contribution < -0.4 is 0 Å². The molecule has 0 amide bonds. The first-order valence-electron chi connectivity index (χ1n) is 20.3. The Bertz CT molecular complexity index is 3180. The van der Waals surface area contributed by atoms with E-state index >= 15 is 0 Å². The number of nitrogens with zero attached hydrogens (tertiary/aromatic N) is 3. The highest BCUT2D eigenvalue weighted by molar-refractivity contribution is 7.99. The maximum absolute atomic E-state index is 5.28. The van der Waals surface area contributed by atoms with E-state index in [9.17, 15) is 0 Å². The molecule has 10 aromatic rings. The van der Waals surface area contributed by atoms with Crippen LogP contribution in [0.4, 0.5) is 0 Å². The number of pyridine rings is 1. The van der Waals surface area contributed by atoms with E-state index in [4.69, 9.17) is 15.0 Å². The largest absolute Gasteiger partial charge is 0.256 e. The van der Waals surface area contributed by atoms with Crippen LogP contribution in [-0.4, -0.2) is 15.0 Å². The van der Waals surface area contributed by atoms with E-state index in [1.165, 1.54) is 54.3 Å². The monoisotopic (exact) mass is 781 g/mol. The molecule has 2 aromatic heterocycles. The Balaban J connectivity index is 1.06. The molecule has 0 saturated heterocycles. The van der Waals surface area contributed by atoms with Gasteiger partial charge in [-0.15, -0.1) is 0 Å². The Morgan fingerprint density at radius 3 is 1.53 bits per heavy atom. The summed E-state index contributed by atoms with van der Waals surface area (Å²) in [5.74, 6) is 0.707. The lowest BCUT2D eigenvalue weighted by atomic mass is 9.67. The fourth-order valence-corrected chi connectivity index (χ4v) is 10.7. The van der Waals surface area contributed by atoms with Crippen molar-refractivity contribution in [1.29, 1.82) is 0 Å². The second kappa shape index (κ2) is 13.9. The third kappa shape index (κ3) is 5.42. The van der Waals surface area contributed by atoms with Crippen molar-refractivity contribution in [2.24, 2.45) is 0 Å². The molecule has 0 N–H and O–H groups in total. The zero-order chi connectivity index (χ0) is 39.6.